The Morgan fingerprint density at radius 1 is 1.39 bits per heavy atom. The Balaban J connectivity index is 0.000000338. The summed E-state index contributed by atoms with van der Waals surface area (Å²) in [6.45, 7) is 6.93. The summed E-state index contributed by atoms with van der Waals surface area (Å²) < 4.78 is 0. The molecule has 0 amide bonds. The third-order valence-corrected chi connectivity index (χ3v) is 6.43. The number of rotatable bonds is 6. The summed E-state index contributed by atoms with van der Waals surface area (Å²) >= 11 is 0. The largest absolute Gasteiger partial charge is 0.299 e. The van der Waals surface area contributed by atoms with E-state index in [2.05, 4.69) is 32.8 Å². The van der Waals surface area contributed by atoms with Gasteiger partial charge in [-0.05, 0) is 62.2 Å². The maximum atomic E-state index is 11.9. The molecule has 2 unspecified atom stereocenters. The van der Waals surface area contributed by atoms with Gasteiger partial charge in [0.25, 0.3) is 0 Å². The molecule has 2 bridgehead atoms. The van der Waals surface area contributed by atoms with Gasteiger partial charge in [-0.15, -0.1) is 12.3 Å². The number of hydrogen-bond donors (Lipinski definition) is 0. The summed E-state index contributed by atoms with van der Waals surface area (Å²) in [5.74, 6) is 5.26. The van der Waals surface area contributed by atoms with Gasteiger partial charge in [0.15, 0.2) is 0 Å². The molecular formula is C22H34O. The van der Waals surface area contributed by atoms with E-state index < -0.39 is 0 Å². The first-order valence-corrected chi connectivity index (χ1v) is 9.65. The normalized spacial score (nSPS) is 27.5. The molecule has 1 nitrogen and oxygen atoms in total. The molecule has 2 atom stereocenters. The van der Waals surface area contributed by atoms with Crippen LogP contribution in [0.3, 0.4) is 0 Å². The van der Waals surface area contributed by atoms with Gasteiger partial charge >= 0.3 is 0 Å². The molecule has 4 aliphatic carbocycles. The third kappa shape index (κ3) is 4.28. The van der Waals surface area contributed by atoms with Gasteiger partial charge in [-0.3, -0.25) is 4.79 Å². The highest BCUT2D eigenvalue weighted by molar-refractivity contribution is 5.81. The maximum absolute atomic E-state index is 11.9. The second kappa shape index (κ2) is 8.18. The molecule has 23 heavy (non-hydrogen) atoms. The number of Topliss-reactive ketones (excluding diaryl/α,β-unsaturated/α-hetero) is 1. The van der Waals surface area contributed by atoms with E-state index in [-0.39, 0.29) is 0 Å². The number of ketones is 1. The molecule has 0 aromatic carbocycles. The van der Waals surface area contributed by atoms with E-state index in [4.69, 9.17) is 6.42 Å². The lowest BCUT2D eigenvalue weighted by Gasteiger charge is -2.56. The number of carbonyl (C=O) groups excluding carboxylic acids is 1. The van der Waals surface area contributed by atoms with Crippen LogP contribution in [0.15, 0.2) is 11.6 Å². The van der Waals surface area contributed by atoms with E-state index in [1.807, 2.05) is 0 Å². The van der Waals surface area contributed by atoms with Crippen LogP contribution < -0.4 is 0 Å². The highest BCUT2D eigenvalue weighted by atomic mass is 16.1. The molecule has 0 aliphatic heterocycles. The predicted molar refractivity (Wildman–Crippen MR) is 98.0 cm³/mol. The standard InChI is InChI=1S/C17H26O.C5H8/c1-17(2)14-10-9-12(15(17)11-14)5-4-8-16(18)13-6-3-7-13;1-3-5-4-2/h9,13-15H,3-8,10-11H2,1-2H3;1H,4-5H2,2H3. The molecular weight excluding hydrogens is 280 g/mol. The van der Waals surface area contributed by atoms with Crippen molar-refractivity contribution in [3.8, 4) is 12.3 Å². The van der Waals surface area contributed by atoms with Crippen LogP contribution in [0, 0.1) is 35.5 Å². The van der Waals surface area contributed by atoms with E-state index >= 15 is 0 Å². The molecule has 0 saturated heterocycles. The van der Waals surface area contributed by atoms with E-state index in [0.29, 0.717) is 17.1 Å². The van der Waals surface area contributed by atoms with Crippen LogP contribution in [0.4, 0.5) is 0 Å². The number of fused-ring (bicyclic) bond motifs is 1. The van der Waals surface area contributed by atoms with Gasteiger partial charge in [0, 0.05) is 18.8 Å². The minimum absolute atomic E-state index is 0.440. The summed E-state index contributed by atoms with van der Waals surface area (Å²) in [6, 6.07) is 0. The minimum Gasteiger partial charge on any atom is -0.299 e. The van der Waals surface area contributed by atoms with Crippen LogP contribution in [0.5, 0.6) is 0 Å². The van der Waals surface area contributed by atoms with Crippen LogP contribution >= 0.6 is 0 Å². The van der Waals surface area contributed by atoms with Gasteiger partial charge in [-0.1, -0.05) is 38.8 Å². The minimum atomic E-state index is 0.440. The van der Waals surface area contributed by atoms with Crippen molar-refractivity contribution in [3.63, 3.8) is 0 Å². The SMILES string of the molecule is C#CCCC.CC1(C)C2CC=C(CCCC(=O)C3CCC3)C1C2. The molecule has 0 spiro atoms. The molecule has 4 rings (SSSR count). The average molecular weight is 315 g/mol. The van der Waals surface area contributed by atoms with E-state index in [1.54, 1.807) is 5.57 Å². The zero-order valence-electron chi connectivity index (χ0n) is 15.4. The van der Waals surface area contributed by atoms with Gasteiger partial charge in [0.05, 0.1) is 0 Å². The first-order valence-electron chi connectivity index (χ1n) is 9.65. The second-order valence-corrected chi connectivity index (χ2v) is 8.22. The fourth-order valence-corrected chi connectivity index (χ4v) is 4.30. The Morgan fingerprint density at radius 3 is 2.57 bits per heavy atom. The summed E-state index contributed by atoms with van der Waals surface area (Å²) in [7, 11) is 0. The van der Waals surface area contributed by atoms with Crippen LogP contribution in [-0.4, -0.2) is 5.78 Å². The van der Waals surface area contributed by atoms with Gasteiger partial charge in [0.1, 0.15) is 5.78 Å². The first kappa shape index (κ1) is 18.3. The summed E-state index contributed by atoms with van der Waals surface area (Å²) in [5.41, 5.74) is 2.21. The van der Waals surface area contributed by atoms with E-state index in [9.17, 15) is 4.79 Å². The monoisotopic (exact) mass is 314 g/mol. The highest BCUT2D eigenvalue weighted by Crippen LogP contribution is 2.59. The van der Waals surface area contributed by atoms with E-state index in [1.165, 1.54) is 38.5 Å². The lowest BCUT2D eigenvalue weighted by atomic mass is 9.48. The quantitative estimate of drug-likeness (QED) is 0.438. The number of carbonyl (C=O) groups is 1. The Hall–Kier alpha value is -1.03. The Morgan fingerprint density at radius 2 is 2.13 bits per heavy atom. The van der Waals surface area contributed by atoms with Crippen molar-refractivity contribution in [3.05, 3.63) is 11.6 Å². The number of terminal acetylenes is 1. The van der Waals surface area contributed by atoms with Gasteiger partial charge in [-0.25, -0.2) is 0 Å². The van der Waals surface area contributed by atoms with E-state index in [0.717, 1.165) is 37.5 Å². The number of hydrogen-bond acceptors (Lipinski definition) is 1. The van der Waals surface area contributed by atoms with Gasteiger partial charge < -0.3 is 0 Å². The van der Waals surface area contributed by atoms with Crippen LogP contribution in [0.25, 0.3) is 0 Å². The molecule has 2 fully saturated rings. The first-order chi connectivity index (χ1) is 11.0. The van der Waals surface area contributed by atoms with Crippen molar-refractivity contribution < 1.29 is 4.79 Å². The van der Waals surface area contributed by atoms with Crippen LogP contribution in [0.1, 0.15) is 85.0 Å². The maximum Gasteiger partial charge on any atom is 0.135 e. The highest BCUT2D eigenvalue weighted by Gasteiger charge is 2.50. The molecule has 0 aromatic heterocycles. The van der Waals surface area contributed by atoms with Crippen molar-refractivity contribution in [1.82, 2.24) is 0 Å². The summed E-state index contributed by atoms with van der Waals surface area (Å²) in [6.07, 6.45) is 18.8. The number of allylic oxidation sites excluding steroid dienone is 2. The molecule has 128 valence electrons. The van der Waals surface area contributed by atoms with Crippen molar-refractivity contribution in [1.29, 1.82) is 0 Å². The molecule has 1 heteroatoms. The Labute approximate surface area is 143 Å². The molecule has 0 N–H and O–H groups in total. The van der Waals surface area contributed by atoms with Gasteiger partial charge in [-0.2, -0.15) is 0 Å². The van der Waals surface area contributed by atoms with Crippen LogP contribution in [-0.2, 0) is 4.79 Å². The summed E-state index contributed by atoms with van der Waals surface area (Å²) in [4.78, 5) is 11.9. The van der Waals surface area contributed by atoms with Crippen molar-refractivity contribution in [2.75, 3.05) is 0 Å². The molecule has 0 heterocycles. The summed E-state index contributed by atoms with van der Waals surface area (Å²) in [5, 5.41) is 0. The van der Waals surface area contributed by atoms with Crippen molar-refractivity contribution >= 4 is 5.78 Å². The fourth-order valence-electron chi connectivity index (χ4n) is 4.30. The zero-order valence-corrected chi connectivity index (χ0v) is 15.4. The molecule has 0 aromatic rings. The Bertz CT molecular complexity index is 473. The topological polar surface area (TPSA) is 17.1 Å². The van der Waals surface area contributed by atoms with Crippen LogP contribution in [0.2, 0.25) is 0 Å². The molecule has 4 aliphatic rings. The van der Waals surface area contributed by atoms with Crippen molar-refractivity contribution in [2.24, 2.45) is 23.2 Å². The molecule has 0 radical (unpaired) electrons. The smallest absolute Gasteiger partial charge is 0.135 e. The predicted octanol–water partition coefficient (Wildman–Crippen LogP) is 5.94. The second-order valence-electron chi connectivity index (χ2n) is 8.22. The van der Waals surface area contributed by atoms with Crippen molar-refractivity contribution in [2.45, 2.75) is 85.0 Å². The van der Waals surface area contributed by atoms with Gasteiger partial charge in [0.2, 0.25) is 0 Å². The number of unbranched alkanes of at least 4 members (excludes halogenated alkanes) is 1. The fraction of sp³-hybridized carbons (Fsp3) is 0.773. The lowest BCUT2D eigenvalue weighted by Crippen LogP contribution is -2.48. The third-order valence-electron chi connectivity index (χ3n) is 6.43. The average Bonchev–Trinajstić information content (AvgIpc) is 2.47. The zero-order chi connectivity index (χ0) is 16.9. The molecule has 2 saturated carbocycles. The lowest BCUT2D eigenvalue weighted by molar-refractivity contribution is -0.125. The Kier molecular flexibility index (Phi) is 6.51.